The molecule has 0 aliphatic carbocycles. The molecule has 1 unspecified atom stereocenters. The molecule has 1 saturated heterocycles. The molecule has 2 atom stereocenters. The van der Waals surface area contributed by atoms with Gasteiger partial charge in [-0.15, -0.1) is 0 Å². The number of rotatable bonds is 6. The summed E-state index contributed by atoms with van der Waals surface area (Å²) in [4.78, 5) is 14.8. The molecular formula is C21H27N3O. The predicted molar refractivity (Wildman–Crippen MR) is 101 cm³/mol. The second kappa shape index (κ2) is 8.79. The number of benzene rings is 2. The van der Waals surface area contributed by atoms with Gasteiger partial charge in [-0.3, -0.25) is 9.69 Å². The van der Waals surface area contributed by atoms with Crippen molar-refractivity contribution in [1.82, 2.24) is 10.2 Å². The lowest BCUT2D eigenvalue weighted by molar-refractivity contribution is -0.123. The average molecular weight is 337 g/mol. The lowest BCUT2D eigenvalue weighted by Crippen LogP contribution is -2.52. The van der Waals surface area contributed by atoms with Gasteiger partial charge in [0.25, 0.3) is 0 Å². The van der Waals surface area contributed by atoms with Crippen molar-refractivity contribution < 1.29 is 4.79 Å². The summed E-state index contributed by atoms with van der Waals surface area (Å²) in [6.45, 7) is 2.90. The van der Waals surface area contributed by atoms with Crippen molar-refractivity contribution in [2.45, 2.75) is 37.9 Å². The quantitative estimate of drug-likeness (QED) is 0.851. The second-order valence-corrected chi connectivity index (χ2v) is 6.86. The van der Waals surface area contributed by atoms with E-state index in [-0.39, 0.29) is 11.9 Å². The first kappa shape index (κ1) is 17.6. The number of nitrogens with one attached hydrogen (secondary N) is 1. The predicted octanol–water partition coefficient (Wildman–Crippen LogP) is 2.34. The minimum absolute atomic E-state index is 0.0459. The van der Waals surface area contributed by atoms with Crippen LogP contribution in [0.25, 0.3) is 0 Å². The van der Waals surface area contributed by atoms with Gasteiger partial charge in [-0.1, -0.05) is 60.7 Å². The van der Waals surface area contributed by atoms with Crippen LogP contribution in [-0.4, -0.2) is 36.0 Å². The summed E-state index contributed by atoms with van der Waals surface area (Å²) in [5.74, 6) is -0.0459. The Labute approximate surface area is 150 Å². The van der Waals surface area contributed by atoms with E-state index in [9.17, 15) is 4.79 Å². The Balaban J connectivity index is 1.49. The first-order chi connectivity index (χ1) is 12.2. The number of hydrogen-bond acceptors (Lipinski definition) is 3. The Bertz CT molecular complexity index is 659. The zero-order valence-corrected chi connectivity index (χ0v) is 14.6. The molecule has 1 heterocycles. The molecular weight excluding hydrogens is 310 g/mol. The normalized spacial score (nSPS) is 19.3. The number of nitrogens with two attached hydrogens (primary N) is 1. The van der Waals surface area contributed by atoms with Crippen molar-refractivity contribution in [2.24, 2.45) is 5.73 Å². The Hall–Kier alpha value is -2.17. The van der Waals surface area contributed by atoms with Gasteiger partial charge in [0.1, 0.15) is 0 Å². The first-order valence-corrected chi connectivity index (χ1v) is 9.07. The number of carbonyl (C=O) groups excluding carboxylic acids is 1. The van der Waals surface area contributed by atoms with Crippen molar-refractivity contribution in [1.29, 1.82) is 0 Å². The molecule has 132 valence electrons. The molecule has 0 radical (unpaired) electrons. The molecule has 0 aromatic heterocycles. The van der Waals surface area contributed by atoms with E-state index >= 15 is 0 Å². The van der Waals surface area contributed by atoms with Crippen LogP contribution in [0.4, 0.5) is 0 Å². The molecule has 1 aliphatic heterocycles. The van der Waals surface area contributed by atoms with E-state index in [0.717, 1.165) is 38.0 Å². The molecule has 2 aromatic carbocycles. The number of likely N-dealkylation sites (tertiary alicyclic amines) is 1. The maximum atomic E-state index is 12.4. The second-order valence-electron chi connectivity index (χ2n) is 6.86. The third kappa shape index (κ3) is 5.41. The fourth-order valence-electron chi connectivity index (χ4n) is 3.43. The maximum Gasteiger partial charge on any atom is 0.237 e. The molecule has 3 N–H and O–H groups in total. The van der Waals surface area contributed by atoms with E-state index in [1.807, 2.05) is 36.4 Å². The van der Waals surface area contributed by atoms with E-state index in [1.54, 1.807) is 0 Å². The number of nitrogens with zero attached hydrogens (tertiary/aromatic N) is 1. The monoisotopic (exact) mass is 337 g/mol. The topological polar surface area (TPSA) is 58.4 Å². The van der Waals surface area contributed by atoms with Gasteiger partial charge in [0.05, 0.1) is 6.04 Å². The lowest BCUT2D eigenvalue weighted by Gasteiger charge is -2.33. The smallest absolute Gasteiger partial charge is 0.237 e. The van der Waals surface area contributed by atoms with Gasteiger partial charge >= 0.3 is 0 Å². The van der Waals surface area contributed by atoms with Crippen LogP contribution in [0.5, 0.6) is 0 Å². The third-order valence-corrected chi connectivity index (χ3v) is 4.74. The highest BCUT2D eigenvalue weighted by Gasteiger charge is 2.23. The Morgan fingerprint density at radius 3 is 2.40 bits per heavy atom. The van der Waals surface area contributed by atoms with Crippen LogP contribution < -0.4 is 11.1 Å². The minimum atomic E-state index is -0.494. The average Bonchev–Trinajstić information content (AvgIpc) is 2.63. The molecule has 1 fully saturated rings. The fraction of sp³-hybridized carbons (Fsp3) is 0.381. The Morgan fingerprint density at radius 2 is 1.72 bits per heavy atom. The number of amides is 1. The SMILES string of the molecule is N[C@@H](Cc1ccccc1)C(=O)NC1CCCN(Cc2ccccc2)C1. The van der Waals surface area contributed by atoms with Gasteiger partial charge in [-0.2, -0.15) is 0 Å². The zero-order chi connectivity index (χ0) is 17.5. The molecule has 2 aromatic rings. The largest absolute Gasteiger partial charge is 0.351 e. The van der Waals surface area contributed by atoms with E-state index < -0.39 is 6.04 Å². The van der Waals surface area contributed by atoms with Gasteiger partial charge < -0.3 is 11.1 Å². The summed E-state index contributed by atoms with van der Waals surface area (Å²) < 4.78 is 0. The number of piperidine rings is 1. The molecule has 25 heavy (non-hydrogen) atoms. The first-order valence-electron chi connectivity index (χ1n) is 9.07. The van der Waals surface area contributed by atoms with Gasteiger partial charge in [-0.05, 0) is 36.9 Å². The Kier molecular flexibility index (Phi) is 6.20. The summed E-state index contributed by atoms with van der Waals surface area (Å²) in [6, 6.07) is 20.1. The van der Waals surface area contributed by atoms with Gasteiger partial charge in [0.15, 0.2) is 0 Å². The summed E-state index contributed by atoms with van der Waals surface area (Å²) in [5, 5.41) is 3.15. The van der Waals surface area contributed by atoms with Crippen molar-refractivity contribution in [3.05, 3.63) is 71.8 Å². The van der Waals surface area contributed by atoms with E-state index in [1.165, 1.54) is 5.56 Å². The third-order valence-electron chi connectivity index (χ3n) is 4.74. The highest BCUT2D eigenvalue weighted by atomic mass is 16.2. The molecule has 0 saturated carbocycles. The molecule has 4 heteroatoms. The molecule has 4 nitrogen and oxygen atoms in total. The number of carbonyl (C=O) groups is 1. The Morgan fingerprint density at radius 1 is 1.08 bits per heavy atom. The molecule has 1 aliphatic rings. The van der Waals surface area contributed by atoms with Gasteiger partial charge in [0, 0.05) is 19.1 Å². The lowest BCUT2D eigenvalue weighted by atomic mass is 10.0. The van der Waals surface area contributed by atoms with Crippen LogP contribution in [0.1, 0.15) is 24.0 Å². The molecule has 3 rings (SSSR count). The maximum absolute atomic E-state index is 12.4. The zero-order valence-electron chi connectivity index (χ0n) is 14.6. The van der Waals surface area contributed by atoms with Crippen molar-refractivity contribution in [2.75, 3.05) is 13.1 Å². The van der Waals surface area contributed by atoms with Crippen LogP contribution in [0.15, 0.2) is 60.7 Å². The van der Waals surface area contributed by atoms with E-state index in [0.29, 0.717) is 6.42 Å². The summed E-state index contributed by atoms with van der Waals surface area (Å²) in [5.41, 5.74) is 8.51. The summed E-state index contributed by atoms with van der Waals surface area (Å²) in [7, 11) is 0. The number of hydrogen-bond donors (Lipinski definition) is 2. The van der Waals surface area contributed by atoms with Crippen LogP contribution in [0.3, 0.4) is 0 Å². The van der Waals surface area contributed by atoms with Gasteiger partial charge in [-0.25, -0.2) is 0 Å². The van der Waals surface area contributed by atoms with Crippen molar-refractivity contribution in [3.63, 3.8) is 0 Å². The molecule has 0 spiro atoms. The van der Waals surface area contributed by atoms with Crippen LogP contribution in [0, 0.1) is 0 Å². The highest BCUT2D eigenvalue weighted by molar-refractivity contribution is 5.82. The van der Waals surface area contributed by atoms with Gasteiger partial charge in [0.2, 0.25) is 5.91 Å². The molecule has 1 amide bonds. The van der Waals surface area contributed by atoms with Crippen molar-refractivity contribution >= 4 is 5.91 Å². The summed E-state index contributed by atoms with van der Waals surface area (Å²) in [6.07, 6.45) is 2.70. The van der Waals surface area contributed by atoms with Crippen molar-refractivity contribution in [3.8, 4) is 0 Å². The van der Waals surface area contributed by atoms with Crippen LogP contribution in [-0.2, 0) is 17.8 Å². The minimum Gasteiger partial charge on any atom is -0.351 e. The van der Waals surface area contributed by atoms with Crippen LogP contribution in [0.2, 0.25) is 0 Å². The standard InChI is InChI=1S/C21H27N3O/c22-20(14-17-8-3-1-4-9-17)21(25)23-19-12-7-13-24(16-19)15-18-10-5-2-6-11-18/h1-6,8-11,19-20H,7,12-16,22H2,(H,23,25)/t19?,20-/m0/s1. The highest BCUT2D eigenvalue weighted by Crippen LogP contribution is 2.14. The van der Waals surface area contributed by atoms with E-state index in [4.69, 9.17) is 5.73 Å². The molecule has 0 bridgehead atoms. The van der Waals surface area contributed by atoms with E-state index in [2.05, 4.69) is 34.5 Å². The van der Waals surface area contributed by atoms with Crippen LogP contribution >= 0.6 is 0 Å². The summed E-state index contributed by atoms with van der Waals surface area (Å²) >= 11 is 0. The fourth-order valence-corrected chi connectivity index (χ4v) is 3.43.